The van der Waals surface area contributed by atoms with Gasteiger partial charge in [0.1, 0.15) is 0 Å². The van der Waals surface area contributed by atoms with Gasteiger partial charge in [-0.25, -0.2) is 4.98 Å². The first-order chi connectivity index (χ1) is 11.7. The fourth-order valence-corrected chi connectivity index (χ4v) is 3.74. The van der Waals surface area contributed by atoms with E-state index in [1.807, 2.05) is 0 Å². The van der Waals surface area contributed by atoms with Gasteiger partial charge in [-0.15, -0.1) is 0 Å². The van der Waals surface area contributed by atoms with E-state index in [9.17, 15) is 29.4 Å². The lowest BCUT2D eigenvalue weighted by Crippen LogP contribution is -2.28. The van der Waals surface area contributed by atoms with Crippen molar-refractivity contribution in [1.82, 2.24) is 4.98 Å². The number of hydrogen-bond acceptors (Lipinski definition) is 5. The Morgan fingerprint density at radius 1 is 0.800 bits per heavy atom. The number of carboxylic acid groups (broad SMARTS) is 4. The number of allylic oxidation sites excluding steroid dienone is 2. The molecule has 4 N–H and O–H groups in total. The highest BCUT2D eigenvalue weighted by atomic mass is 32.2. The van der Waals surface area contributed by atoms with E-state index in [0.717, 1.165) is 6.07 Å². The molecule has 0 saturated heterocycles. The van der Waals surface area contributed by atoms with Crippen LogP contribution in [0, 0.1) is 0 Å². The molecule has 0 fully saturated rings. The molecule has 0 atom stereocenters. The SMILES string of the molecule is O=C(O)C(C(=O)O)c1ccc([SH]2C=CC=C2)nc1C(C(=O)O)C(=O)O. The first kappa shape index (κ1) is 18.2. The zero-order valence-electron chi connectivity index (χ0n) is 12.4. The lowest BCUT2D eigenvalue weighted by atomic mass is 9.91. The largest absolute Gasteiger partial charge is 0.480 e. The molecule has 25 heavy (non-hydrogen) atoms. The normalized spacial score (nSPS) is 14.2. The molecule has 1 aromatic rings. The van der Waals surface area contributed by atoms with Gasteiger partial charge in [-0.05, 0) is 16.9 Å². The van der Waals surface area contributed by atoms with Gasteiger partial charge in [0.25, 0.3) is 0 Å². The second-order valence-corrected chi connectivity index (χ2v) is 6.82. The highest BCUT2D eigenvalue weighted by Crippen LogP contribution is 2.42. The van der Waals surface area contributed by atoms with E-state index in [1.54, 1.807) is 23.0 Å². The van der Waals surface area contributed by atoms with Crippen molar-refractivity contribution in [1.29, 1.82) is 0 Å². The van der Waals surface area contributed by atoms with Gasteiger partial charge in [-0.2, -0.15) is 10.9 Å². The molecule has 10 heteroatoms. The van der Waals surface area contributed by atoms with Gasteiger partial charge >= 0.3 is 23.9 Å². The first-order valence-electron chi connectivity index (χ1n) is 6.79. The number of pyridine rings is 1. The van der Waals surface area contributed by atoms with E-state index >= 15 is 0 Å². The van der Waals surface area contributed by atoms with E-state index < -0.39 is 57.9 Å². The van der Waals surface area contributed by atoms with Gasteiger partial charge < -0.3 is 20.4 Å². The van der Waals surface area contributed by atoms with Crippen molar-refractivity contribution in [3.63, 3.8) is 0 Å². The van der Waals surface area contributed by atoms with Gasteiger partial charge in [0.05, 0.1) is 10.7 Å². The molecule has 0 radical (unpaired) electrons. The summed E-state index contributed by atoms with van der Waals surface area (Å²) in [6.07, 6.45) is 3.48. The smallest absolute Gasteiger partial charge is 0.324 e. The molecule has 0 unspecified atom stereocenters. The van der Waals surface area contributed by atoms with Crippen LogP contribution in [0.1, 0.15) is 23.1 Å². The van der Waals surface area contributed by atoms with Gasteiger partial charge in [-0.3, -0.25) is 19.2 Å². The zero-order valence-corrected chi connectivity index (χ0v) is 13.3. The van der Waals surface area contributed by atoms with Crippen molar-refractivity contribution in [3.05, 3.63) is 46.4 Å². The molecule has 2 rings (SSSR count). The Bertz CT molecular complexity index is 776. The minimum absolute atomic E-state index is 0.348. The summed E-state index contributed by atoms with van der Waals surface area (Å²) >= 11 is 0. The summed E-state index contributed by atoms with van der Waals surface area (Å²) in [5, 5.41) is 40.6. The Hall–Kier alpha value is -3.14. The van der Waals surface area contributed by atoms with Gasteiger partial charge in [0, 0.05) is 5.56 Å². The van der Waals surface area contributed by atoms with Crippen LogP contribution in [0.4, 0.5) is 0 Å². The second-order valence-electron chi connectivity index (χ2n) is 4.95. The number of carbonyl (C=O) groups is 4. The maximum atomic E-state index is 11.4. The fraction of sp³-hybridized carbons (Fsp3) is 0.133. The summed E-state index contributed by atoms with van der Waals surface area (Å²) < 4.78 is 0. The molecule has 132 valence electrons. The number of hydrogen-bond donors (Lipinski definition) is 5. The highest BCUT2D eigenvalue weighted by molar-refractivity contribution is 8.22. The molecule has 0 aliphatic carbocycles. The van der Waals surface area contributed by atoms with Crippen molar-refractivity contribution in [2.75, 3.05) is 0 Å². The average molecular weight is 367 g/mol. The average Bonchev–Trinajstić information content (AvgIpc) is 3.01. The number of carboxylic acids is 4. The minimum atomic E-state index is -2.18. The highest BCUT2D eigenvalue weighted by Gasteiger charge is 2.38. The van der Waals surface area contributed by atoms with Crippen LogP contribution in [-0.4, -0.2) is 49.3 Å². The van der Waals surface area contributed by atoms with Crippen molar-refractivity contribution >= 4 is 34.8 Å². The summed E-state index contributed by atoms with van der Waals surface area (Å²) in [6.45, 7) is 0. The number of nitrogens with zero attached hydrogens (tertiary/aromatic N) is 1. The van der Waals surface area contributed by atoms with E-state index in [0.29, 0.717) is 5.03 Å². The van der Waals surface area contributed by atoms with Crippen molar-refractivity contribution < 1.29 is 39.6 Å². The topological polar surface area (TPSA) is 162 Å². The van der Waals surface area contributed by atoms with Crippen molar-refractivity contribution in [3.8, 4) is 0 Å². The predicted molar refractivity (Wildman–Crippen MR) is 85.8 cm³/mol. The number of rotatable bonds is 7. The van der Waals surface area contributed by atoms with Gasteiger partial charge in [0.2, 0.25) is 0 Å². The number of thiol groups is 1. The van der Waals surface area contributed by atoms with E-state index in [2.05, 4.69) is 4.98 Å². The van der Waals surface area contributed by atoms with Crippen molar-refractivity contribution in [2.45, 2.75) is 16.9 Å². The van der Waals surface area contributed by atoms with Crippen LogP contribution in [0.3, 0.4) is 0 Å². The summed E-state index contributed by atoms with van der Waals surface area (Å²) in [6, 6.07) is 2.50. The summed E-state index contributed by atoms with van der Waals surface area (Å²) in [7, 11) is -1.04. The Kier molecular flexibility index (Phi) is 5.22. The summed E-state index contributed by atoms with van der Waals surface area (Å²) in [5.74, 6) is -11.3. The third-order valence-corrected chi connectivity index (χ3v) is 5.15. The third kappa shape index (κ3) is 3.69. The lowest BCUT2D eigenvalue weighted by molar-refractivity contribution is -0.153. The van der Waals surface area contributed by atoms with E-state index in [1.165, 1.54) is 6.07 Å². The maximum absolute atomic E-state index is 11.4. The molecule has 0 saturated carbocycles. The molecule has 0 amide bonds. The molecular weight excluding hydrogens is 354 g/mol. The van der Waals surface area contributed by atoms with Crippen LogP contribution >= 0.6 is 10.9 Å². The summed E-state index contributed by atoms with van der Waals surface area (Å²) in [5.41, 5.74) is -1.07. The fourth-order valence-electron chi connectivity index (χ4n) is 2.29. The van der Waals surface area contributed by atoms with Gasteiger partial charge in [0.15, 0.2) is 11.8 Å². The third-order valence-electron chi connectivity index (χ3n) is 3.38. The molecule has 0 spiro atoms. The second kappa shape index (κ2) is 7.18. The van der Waals surface area contributed by atoms with E-state index in [4.69, 9.17) is 10.2 Å². The lowest BCUT2D eigenvalue weighted by Gasteiger charge is -2.19. The van der Waals surface area contributed by atoms with Gasteiger partial charge in [-0.1, -0.05) is 18.2 Å². The molecular formula is C15H13NO8S. The van der Waals surface area contributed by atoms with Crippen LogP contribution in [0.2, 0.25) is 0 Å². The first-order valence-corrected chi connectivity index (χ1v) is 8.27. The molecule has 2 heterocycles. The Labute approximate surface area is 143 Å². The van der Waals surface area contributed by atoms with Crippen LogP contribution in [0.5, 0.6) is 0 Å². The van der Waals surface area contributed by atoms with Crippen molar-refractivity contribution in [2.24, 2.45) is 0 Å². The number of aliphatic carboxylic acids is 4. The summed E-state index contributed by atoms with van der Waals surface area (Å²) in [4.78, 5) is 49.3. The molecule has 1 aliphatic heterocycles. The van der Waals surface area contributed by atoms with Crippen LogP contribution < -0.4 is 0 Å². The Morgan fingerprint density at radius 3 is 1.72 bits per heavy atom. The quantitative estimate of drug-likeness (QED) is 0.349. The molecule has 0 aromatic carbocycles. The van der Waals surface area contributed by atoms with Crippen LogP contribution in [0.15, 0.2) is 40.1 Å². The number of aromatic nitrogens is 1. The molecule has 0 bridgehead atoms. The standard InChI is InChI=1S/C15H13NO8S/c17-12(18)9(13(19)20)7-3-4-8(25-5-1-2-6-25)16-11(7)10(14(21)22)15(23)24/h1-6,9-10,25H,(H,17,18)(H,19,20)(H,21,22)(H,23,24). The molecule has 1 aliphatic rings. The minimum Gasteiger partial charge on any atom is -0.480 e. The Morgan fingerprint density at radius 2 is 1.28 bits per heavy atom. The maximum Gasteiger partial charge on any atom is 0.324 e. The predicted octanol–water partition coefficient (Wildman–Crippen LogP) is 0.988. The molecule has 1 aromatic heterocycles. The van der Waals surface area contributed by atoms with Crippen LogP contribution in [-0.2, 0) is 19.2 Å². The van der Waals surface area contributed by atoms with E-state index in [-0.39, 0.29) is 0 Å². The molecule has 9 nitrogen and oxygen atoms in total. The van der Waals surface area contributed by atoms with Crippen LogP contribution in [0.25, 0.3) is 0 Å². The Balaban J connectivity index is 2.69. The monoisotopic (exact) mass is 367 g/mol. The zero-order chi connectivity index (χ0) is 18.7.